The van der Waals surface area contributed by atoms with E-state index in [9.17, 15) is 0 Å². The van der Waals surface area contributed by atoms with Crippen LogP contribution in [-0.2, 0) is 13.1 Å². The van der Waals surface area contributed by atoms with Gasteiger partial charge in [-0.25, -0.2) is 0 Å². The van der Waals surface area contributed by atoms with Gasteiger partial charge in [-0.05, 0) is 42.9 Å². The Morgan fingerprint density at radius 2 is 1.79 bits per heavy atom. The van der Waals surface area contributed by atoms with Gasteiger partial charge in [0.1, 0.15) is 5.75 Å². The first kappa shape index (κ1) is 16.5. The molecule has 24 heavy (non-hydrogen) atoms. The molecule has 3 aromatic rings. The monoisotopic (exact) mass is 343 g/mol. The summed E-state index contributed by atoms with van der Waals surface area (Å²) >= 11 is 6.19. The minimum atomic E-state index is 0.499. The van der Waals surface area contributed by atoms with Crippen molar-refractivity contribution in [2.24, 2.45) is 0 Å². The van der Waals surface area contributed by atoms with E-state index in [1.165, 1.54) is 0 Å². The molecule has 0 saturated carbocycles. The normalized spacial score (nSPS) is 11.0. The van der Waals surface area contributed by atoms with Gasteiger partial charge in [-0.1, -0.05) is 29.8 Å². The molecule has 0 aliphatic carbocycles. The Morgan fingerprint density at radius 1 is 1.04 bits per heavy atom. The lowest BCUT2D eigenvalue weighted by atomic mass is 10.2. The van der Waals surface area contributed by atoms with Crippen LogP contribution in [0.2, 0.25) is 5.02 Å². The standard InChI is InChI=1S/C18H18ClN3O2/c1-22(11-14-5-3-4-6-16(14)19)12-17-20-21-18(24-17)13-7-9-15(23-2)10-8-13/h3-10H,11-12H2,1-2H3. The van der Waals surface area contributed by atoms with Gasteiger partial charge in [0.05, 0.1) is 13.7 Å². The van der Waals surface area contributed by atoms with Gasteiger partial charge >= 0.3 is 0 Å². The molecule has 5 nitrogen and oxygen atoms in total. The van der Waals surface area contributed by atoms with Crippen LogP contribution in [-0.4, -0.2) is 29.3 Å². The first-order valence-electron chi connectivity index (χ1n) is 7.54. The molecule has 0 unspecified atom stereocenters. The van der Waals surface area contributed by atoms with Crippen molar-refractivity contribution in [2.75, 3.05) is 14.2 Å². The summed E-state index contributed by atoms with van der Waals surface area (Å²) in [6.07, 6.45) is 0. The zero-order chi connectivity index (χ0) is 16.9. The van der Waals surface area contributed by atoms with Crippen LogP contribution in [0.5, 0.6) is 5.75 Å². The van der Waals surface area contributed by atoms with Gasteiger partial charge in [0, 0.05) is 17.1 Å². The van der Waals surface area contributed by atoms with Gasteiger partial charge in [0.2, 0.25) is 11.8 Å². The first-order chi connectivity index (χ1) is 11.7. The molecule has 0 spiro atoms. The predicted molar refractivity (Wildman–Crippen MR) is 92.9 cm³/mol. The molecule has 0 saturated heterocycles. The lowest BCUT2D eigenvalue weighted by Crippen LogP contribution is -2.17. The van der Waals surface area contributed by atoms with E-state index < -0.39 is 0 Å². The summed E-state index contributed by atoms with van der Waals surface area (Å²) in [5.41, 5.74) is 1.93. The van der Waals surface area contributed by atoms with E-state index in [4.69, 9.17) is 20.8 Å². The quantitative estimate of drug-likeness (QED) is 0.676. The molecule has 0 bridgehead atoms. The average Bonchev–Trinajstić information content (AvgIpc) is 3.05. The van der Waals surface area contributed by atoms with Crippen LogP contribution < -0.4 is 4.74 Å². The molecule has 0 atom stereocenters. The molecule has 124 valence electrons. The van der Waals surface area contributed by atoms with Crippen LogP contribution in [0.4, 0.5) is 0 Å². The van der Waals surface area contributed by atoms with Crippen molar-refractivity contribution in [1.82, 2.24) is 15.1 Å². The highest BCUT2D eigenvalue weighted by Gasteiger charge is 2.12. The SMILES string of the molecule is COc1ccc(-c2nnc(CN(C)Cc3ccccc3Cl)o2)cc1. The maximum atomic E-state index is 6.19. The summed E-state index contributed by atoms with van der Waals surface area (Å²) in [5, 5.41) is 8.98. The molecular formula is C18H18ClN3O2. The third kappa shape index (κ3) is 3.93. The third-order valence-corrected chi connectivity index (χ3v) is 3.98. The summed E-state index contributed by atoms with van der Waals surface area (Å²) in [6.45, 7) is 1.26. The Kier molecular flexibility index (Phi) is 5.13. The number of benzene rings is 2. The van der Waals surface area contributed by atoms with Crippen molar-refractivity contribution in [3.63, 3.8) is 0 Å². The molecule has 1 aromatic heterocycles. The van der Waals surface area contributed by atoms with Crippen molar-refractivity contribution in [2.45, 2.75) is 13.1 Å². The summed E-state index contributed by atoms with van der Waals surface area (Å²) < 4.78 is 10.9. The van der Waals surface area contributed by atoms with Crippen molar-refractivity contribution in [3.05, 3.63) is 65.0 Å². The van der Waals surface area contributed by atoms with E-state index in [-0.39, 0.29) is 0 Å². The average molecular weight is 344 g/mol. The second-order valence-electron chi connectivity index (χ2n) is 5.49. The van der Waals surface area contributed by atoms with Gasteiger partial charge in [0.25, 0.3) is 0 Å². The molecule has 0 fully saturated rings. The molecule has 0 amide bonds. The van der Waals surface area contributed by atoms with E-state index in [1.54, 1.807) is 7.11 Å². The second kappa shape index (κ2) is 7.47. The van der Waals surface area contributed by atoms with Crippen LogP contribution in [0.3, 0.4) is 0 Å². The molecule has 0 N–H and O–H groups in total. The maximum Gasteiger partial charge on any atom is 0.247 e. The number of methoxy groups -OCH3 is 1. The van der Waals surface area contributed by atoms with Crippen molar-refractivity contribution >= 4 is 11.6 Å². The number of aromatic nitrogens is 2. The van der Waals surface area contributed by atoms with Crippen LogP contribution >= 0.6 is 11.6 Å². The summed E-state index contributed by atoms with van der Waals surface area (Å²) in [4.78, 5) is 2.08. The van der Waals surface area contributed by atoms with Gasteiger partial charge in [-0.3, -0.25) is 4.90 Å². The fourth-order valence-corrected chi connectivity index (χ4v) is 2.57. The predicted octanol–water partition coefficient (Wildman–Crippen LogP) is 4.03. The molecule has 0 aliphatic rings. The number of ether oxygens (including phenoxy) is 1. The Balaban J connectivity index is 1.66. The van der Waals surface area contributed by atoms with Gasteiger partial charge in [-0.2, -0.15) is 0 Å². The first-order valence-corrected chi connectivity index (χ1v) is 7.92. The summed E-state index contributed by atoms with van der Waals surface area (Å²) in [7, 11) is 3.62. The topological polar surface area (TPSA) is 51.4 Å². The largest absolute Gasteiger partial charge is 0.497 e. The van der Waals surface area contributed by atoms with E-state index in [2.05, 4.69) is 15.1 Å². The molecular weight excluding hydrogens is 326 g/mol. The van der Waals surface area contributed by atoms with Gasteiger partial charge in [-0.15, -0.1) is 10.2 Å². The van der Waals surface area contributed by atoms with Crippen LogP contribution in [0.25, 0.3) is 11.5 Å². The summed E-state index contributed by atoms with van der Waals surface area (Å²) in [5.74, 6) is 1.85. The van der Waals surface area contributed by atoms with E-state index in [1.807, 2.05) is 55.6 Å². The van der Waals surface area contributed by atoms with Crippen LogP contribution in [0.1, 0.15) is 11.5 Å². The highest BCUT2D eigenvalue weighted by Crippen LogP contribution is 2.22. The molecule has 0 aliphatic heterocycles. The van der Waals surface area contributed by atoms with Gasteiger partial charge in [0.15, 0.2) is 0 Å². The number of halogens is 1. The second-order valence-corrected chi connectivity index (χ2v) is 5.90. The van der Waals surface area contributed by atoms with Crippen molar-refractivity contribution in [3.8, 4) is 17.2 Å². The minimum Gasteiger partial charge on any atom is -0.497 e. The number of rotatable bonds is 6. The molecule has 0 radical (unpaired) electrons. The maximum absolute atomic E-state index is 6.19. The number of hydrogen-bond donors (Lipinski definition) is 0. The van der Waals surface area contributed by atoms with Crippen molar-refractivity contribution in [1.29, 1.82) is 0 Å². The van der Waals surface area contributed by atoms with Crippen LogP contribution in [0, 0.1) is 0 Å². The molecule has 3 rings (SSSR count). The molecule has 1 heterocycles. The smallest absolute Gasteiger partial charge is 0.247 e. The Morgan fingerprint density at radius 3 is 2.50 bits per heavy atom. The van der Waals surface area contributed by atoms with E-state index in [0.29, 0.717) is 24.9 Å². The zero-order valence-electron chi connectivity index (χ0n) is 13.6. The third-order valence-electron chi connectivity index (χ3n) is 3.61. The van der Waals surface area contributed by atoms with Crippen LogP contribution in [0.15, 0.2) is 52.9 Å². The Labute approximate surface area is 145 Å². The molecule has 2 aromatic carbocycles. The number of hydrogen-bond acceptors (Lipinski definition) is 5. The fourth-order valence-electron chi connectivity index (χ4n) is 2.37. The minimum absolute atomic E-state index is 0.499. The lowest BCUT2D eigenvalue weighted by Gasteiger charge is -2.15. The fraction of sp³-hybridized carbons (Fsp3) is 0.222. The molecule has 6 heteroatoms. The van der Waals surface area contributed by atoms with Gasteiger partial charge < -0.3 is 9.15 Å². The van der Waals surface area contributed by atoms with E-state index >= 15 is 0 Å². The summed E-state index contributed by atoms with van der Waals surface area (Å²) in [6, 6.07) is 15.3. The lowest BCUT2D eigenvalue weighted by molar-refractivity contribution is 0.283. The highest BCUT2D eigenvalue weighted by molar-refractivity contribution is 6.31. The Hall–Kier alpha value is -2.37. The van der Waals surface area contributed by atoms with E-state index in [0.717, 1.165) is 21.9 Å². The van der Waals surface area contributed by atoms with Crippen molar-refractivity contribution < 1.29 is 9.15 Å². The Bertz CT molecular complexity index is 802. The zero-order valence-corrected chi connectivity index (χ0v) is 14.3. The highest BCUT2D eigenvalue weighted by atomic mass is 35.5. The number of nitrogens with zero attached hydrogens (tertiary/aromatic N) is 3.